The molecule has 92 valence electrons. The Morgan fingerprint density at radius 1 is 1.28 bits per heavy atom. The molecule has 5 nitrogen and oxygen atoms in total. The number of aromatic amines is 2. The van der Waals surface area contributed by atoms with Crippen molar-refractivity contribution in [3.63, 3.8) is 0 Å². The van der Waals surface area contributed by atoms with Gasteiger partial charge in [-0.25, -0.2) is 4.98 Å². The summed E-state index contributed by atoms with van der Waals surface area (Å²) in [6.07, 6.45) is 3.65. The highest BCUT2D eigenvalue weighted by atomic mass is 16.5. The second kappa shape index (κ2) is 4.18. The number of rotatable bonds is 3. The van der Waals surface area contributed by atoms with Gasteiger partial charge < -0.3 is 9.72 Å². The molecule has 0 aliphatic carbocycles. The van der Waals surface area contributed by atoms with Crippen molar-refractivity contribution in [2.75, 3.05) is 0 Å². The largest absolute Gasteiger partial charge is 0.491 e. The van der Waals surface area contributed by atoms with Gasteiger partial charge >= 0.3 is 0 Å². The number of hydrogen-bond donors (Lipinski definition) is 2. The molecule has 0 atom stereocenters. The van der Waals surface area contributed by atoms with E-state index in [0.717, 1.165) is 28.2 Å². The summed E-state index contributed by atoms with van der Waals surface area (Å²) in [6, 6.07) is 5.88. The number of ether oxygens (including phenoxy) is 1. The van der Waals surface area contributed by atoms with Crippen LogP contribution in [0.3, 0.4) is 0 Å². The second-order valence-corrected chi connectivity index (χ2v) is 4.38. The summed E-state index contributed by atoms with van der Waals surface area (Å²) in [5.74, 6) is 1.59. The Morgan fingerprint density at radius 2 is 2.17 bits per heavy atom. The zero-order chi connectivity index (χ0) is 12.5. The van der Waals surface area contributed by atoms with E-state index in [4.69, 9.17) is 4.74 Å². The number of nitrogens with one attached hydrogen (secondary N) is 2. The molecule has 0 spiro atoms. The Hall–Kier alpha value is -2.30. The molecule has 18 heavy (non-hydrogen) atoms. The fourth-order valence-electron chi connectivity index (χ4n) is 1.91. The Kier molecular flexibility index (Phi) is 2.51. The third kappa shape index (κ3) is 1.84. The van der Waals surface area contributed by atoms with Crippen LogP contribution in [0.25, 0.3) is 22.4 Å². The van der Waals surface area contributed by atoms with E-state index in [1.165, 1.54) is 0 Å². The van der Waals surface area contributed by atoms with Gasteiger partial charge in [-0.3, -0.25) is 5.10 Å². The summed E-state index contributed by atoms with van der Waals surface area (Å²) < 4.78 is 5.69. The summed E-state index contributed by atoms with van der Waals surface area (Å²) in [7, 11) is 0. The van der Waals surface area contributed by atoms with Crippen LogP contribution >= 0.6 is 0 Å². The molecule has 0 aliphatic rings. The average Bonchev–Trinajstić information content (AvgIpc) is 2.94. The van der Waals surface area contributed by atoms with Gasteiger partial charge in [-0.2, -0.15) is 5.10 Å². The maximum atomic E-state index is 5.69. The number of aromatic nitrogens is 4. The van der Waals surface area contributed by atoms with Crippen LogP contribution in [-0.2, 0) is 0 Å². The van der Waals surface area contributed by atoms with Crippen LogP contribution in [0.4, 0.5) is 0 Å². The third-order valence-electron chi connectivity index (χ3n) is 2.63. The fraction of sp³-hybridized carbons (Fsp3) is 0.231. The van der Waals surface area contributed by atoms with E-state index in [0.29, 0.717) is 0 Å². The SMILES string of the molecule is CC(C)Oc1ccc2[nH]nc(-c3ncc[nH]3)c2c1. The summed E-state index contributed by atoms with van der Waals surface area (Å²) in [5, 5.41) is 8.28. The maximum Gasteiger partial charge on any atom is 0.158 e. The summed E-state index contributed by atoms with van der Waals surface area (Å²) >= 11 is 0. The lowest BCUT2D eigenvalue weighted by Crippen LogP contribution is -2.05. The first-order valence-electron chi connectivity index (χ1n) is 5.88. The molecule has 0 radical (unpaired) electrons. The van der Waals surface area contributed by atoms with E-state index in [9.17, 15) is 0 Å². The van der Waals surface area contributed by atoms with E-state index < -0.39 is 0 Å². The molecule has 0 bridgehead atoms. The van der Waals surface area contributed by atoms with Crippen molar-refractivity contribution in [1.29, 1.82) is 0 Å². The van der Waals surface area contributed by atoms with Gasteiger partial charge in [0.15, 0.2) is 5.82 Å². The predicted molar refractivity (Wildman–Crippen MR) is 69.4 cm³/mol. The van der Waals surface area contributed by atoms with Crippen LogP contribution in [0.5, 0.6) is 5.75 Å². The van der Waals surface area contributed by atoms with Gasteiger partial charge in [0.05, 0.1) is 11.6 Å². The van der Waals surface area contributed by atoms with Crippen LogP contribution < -0.4 is 4.74 Å². The molecular formula is C13H14N4O. The maximum absolute atomic E-state index is 5.69. The Morgan fingerprint density at radius 3 is 2.89 bits per heavy atom. The number of benzene rings is 1. The summed E-state index contributed by atoms with van der Waals surface area (Å²) in [4.78, 5) is 7.28. The van der Waals surface area contributed by atoms with Crippen LogP contribution in [0.2, 0.25) is 0 Å². The van der Waals surface area contributed by atoms with Gasteiger partial charge in [0.2, 0.25) is 0 Å². The molecule has 0 fully saturated rings. The van der Waals surface area contributed by atoms with Gasteiger partial charge in [0, 0.05) is 17.8 Å². The van der Waals surface area contributed by atoms with E-state index >= 15 is 0 Å². The topological polar surface area (TPSA) is 66.6 Å². The van der Waals surface area contributed by atoms with Crippen LogP contribution in [0, 0.1) is 0 Å². The number of hydrogen-bond acceptors (Lipinski definition) is 3. The number of H-pyrrole nitrogens is 2. The standard InChI is InChI=1S/C13H14N4O/c1-8(2)18-9-3-4-11-10(7-9)12(17-16-11)13-14-5-6-15-13/h3-8H,1-2H3,(H,14,15)(H,16,17). The van der Waals surface area contributed by atoms with Crippen LogP contribution in [0.15, 0.2) is 30.6 Å². The molecule has 2 aromatic heterocycles. The van der Waals surface area contributed by atoms with E-state index in [-0.39, 0.29) is 6.10 Å². The van der Waals surface area contributed by atoms with E-state index in [1.54, 1.807) is 12.4 Å². The lowest BCUT2D eigenvalue weighted by molar-refractivity contribution is 0.243. The van der Waals surface area contributed by atoms with Crippen molar-refractivity contribution in [1.82, 2.24) is 20.2 Å². The molecule has 3 rings (SSSR count). The highest BCUT2D eigenvalue weighted by Gasteiger charge is 2.11. The molecule has 0 saturated carbocycles. The van der Waals surface area contributed by atoms with Crippen molar-refractivity contribution < 1.29 is 4.74 Å². The molecule has 2 N–H and O–H groups in total. The molecule has 1 aromatic carbocycles. The summed E-state index contributed by atoms with van der Waals surface area (Å²) in [5.41, 5.74) is 1.78. The highest BCUT2D eigenvalue weighted by Crippen LogP contribution is 2.27. The van der Waals surface area contributed by atoms with Gasteiger partial charge in [0.1, 0.15) is 11.4 Å². The monoisotopic (exact) mass is 242 g/mol. The average molecular weight is 242 g/mol. The van der Waals surface area contributed by atoms with E-state index in [2.05, 4.69) is 20.2 Å². The molecule has 0 amide bonds. The van der Waals surface area contributed by atoms with Crippen molar-refractivity contribution in [3.8, 4) is 17.3 Å². The smallest absolute Gasteiger partial charge is 0.158 e. The normalized spacial score (nSPS) is 11.3. The zero-order valence-corrected chi connectivity index (χ0v) is 10.3. The van der Waals surface area contributed by atoms with Gasteiger partial charge in [0.25, 0.3) is 0 Å². The lowest BCUT2D eigenvalue weighted by atomic mass is 10.2. The van der Waals surface area contributed by atoms with Crippen molar-refractivity contribution in [3.05, 3.63) is 30.6 Å². The molecule has 2 heterocycles. The Balaban J connectivity index is 2.11. The Bertz CT molecular complexity index is 655. The quantitative estimate of drug-likeness (QED) is 0.742. The molecule has 5 heteroatoms. The van der Waals surface area contributed by atoms with Crippen molar-refractivity contribution in [2.45, 2.75) is 20.0 Å². The molecule has 3 aromatic rings. The molecular weight excluding hydrogens is 228 g/mol. The van der Waals surface area contributed by atoms with Crippen molar-refractivity contribution in [2.24, 2.45) is 0 Å². The molecule has 0 saturated heterocycles. The lowest BCUT2D eigenvalue weighted by Gasteiger charge is -2.09. The number of nitrogens with zero attached hydrogens (tertiary/aromatic N) is 2. The van der Waals surface area contributed by atoms with Gasteiger partial charge in [-0.1, -0.05) is 0 Å². The first-order chi connectivity index (χ1) is 8.74. The van der Waals surface area contributed by atoms with Crippen molar-refractivity contribution >= 4 is 10.9 Å². The van der Waals surface area contributed by atoms with Gasteiger partial charge in [-0.05, 0) is 32.0 Å². The predicted octanol–water partition coefficient (Wildman–Crippen LogP) is 2.74. The third-order valence-corrected chi connectivity index (χ3v) is 2.63. The van der Waals surface area contributed by atoms with Crippen LogP contribution in [0.1, 0.15) is 13.8 Å². The minimum absolute atomic E-state index is 0.154. The van der Waals surface area contributed by atoms with Crippen LogP contribution in [-0.4, -0.2) is 26.3 Å². The highest BCUT2D eigenvalue weighted by molar-refractivity contribution is 5.92. The molecule has 0 unspecified atom stereocenters. The minimum atomic E-state index is 0.154. The van der Waals surface area contributed by atoms with E-state index in [1.807, 2.05) is 32.0 Å². The molecule has 0 aliphatic heterocycles. The Labute approximate surface area is 104 Å². The number of fused-ring (bicyclic) bond motifs is 1. The first kappa shape index (κ1) is 10.8. The van der Waals surface area contributed by atoms with Gasteiger partial charge in [-0.15, -0.1) is 0 Å². The zero-order valence-electron chi connectivity index (χ0n) is 10.3. The second-order valence-electron chi connectivity index (χ2n) is 4.38. The first-order valence-corrected chi connectivity index (χ1v) is 5.88. The minimum Gasteiger partial charge on any atom is -0.491 e. The summed E-state index contributed by atoms with van der Waals surface area (Å²) in [6.45, 7) is 4.01. The fourth-order valence-corrected chi connectivity index (χ4v) is 1.91. The number of imidazole rings is 1.